The Bertz CT molecular complexity index is 475. The van der Waals surface area contributed by atoms with Crippen LogP contribution in [0.1, 0.15) is 26.7 Å². The van der Waals surface area contributed by atoms with Gasteiger partial charge < -0.3 is 0 Å². The van der Waals surface area contributed by atoms with E-state index in [1.54, 1.807) is 6.08 Å². The fraction of sp³-hybridized carbons (Fsp3) is 0.600. The highest BCUT2D eigenvalue weighted by atomic mass is 16.2. The molecule has 2 fully saturated rings. The van der Waals surface area contributed by atoms with Crippen LogP contribution in [0.4, 0.5) is 0 Å². The number of hydrogen-bond donors (Lipinski definition) is 0. The third-order valence-corrected chi connectivity index (χ3v) is 4.81. The van der Waals surface area contributed by atoms with Crippen LogP contribution in [0.15, 0.2) is 23.8 Å². The van der Waals surface area contributed by atoms with Gasteiger partial charge in [0.15, 0.2) is 0 Å². The number of amides is 2. The lowest BCUT2D eigenvalue weighted by atomic mass is 9.75. The van der Waals surface area contributed by atoms with Gasteiger partial charge in [-0.15, -0.1) is 6.58 Å². The summed E-state index contributed by atoms with van der Waals surface area (Å²) >= 11 is 0. The molecule has 3 unspecified atom stereocenters. The first-order valence-corrected chi connectivity index (χ1v) is 6.74. The summed E-state index contributed by atoms with van der Waals surface area (Å²) in [6.45, 7) is 8.41. The van der Waals surface area contributed by atoms with E-state index in [0.29, 0.717) is 24.3 Å². The van der Waals surface area contributed by atoms with Gasteiger partial charge in [-0.25, -0.2) is 0 Å². The number of imide groups is 1. The Hall–Kier alpha value is -1.38. The zero-order valence-corrected chi connectivity index (χ0v) is 11.0. The molecule has 0 aromatic rings. The van der Waals surface area contributed by atoms with Crippen LogP contribution in [0.2, 0.25) is 0 Å². The van der Waals surface area contributed by atoms with Crippen molar-refractivity contribution >= 4 is 11.8 Å². The molecule has 1 saturated heterocycles. The van der Waals surface area contributed by atoms with Crippen molar-refractivity contribution in [2.45, 2.75) is 26.7 Å². The minimum Gasteiger partial charge on any atom is -0.274 e. The van der Waals surface area contributed by atoms with Gasteiger partial charge in [0.1, 0.15) is 0 Å². The molecule has 2 aliphatic carbocycles. The van der Waals surface area contributed by atoms with Crippen molar-refractivity contribution in [3.8, 4) is 0 Å². The summed E-state index contributed by atoms with van der Waals surface area (Å²) in [6.07, 6.45) is 3.63. The van der Waals surface area contributed by atoms with E-state index < -0.39 is 0 Å². The van der Waals surface area contributed by atoms with Crippen LogP contribution in [0.25, 0.3) is 0 Å². The lowest BCUT2D eigenvalue weighted by Gasteiger charge is -2.27. The van der Waals surface area contributed by atoms with Crippen molar-refractivity contribution in [2.75, 3.05) is 6.54 Å². The maximum absolute atomic E-state index is 12.4. The summed E-state index contributed by atoms with van der Waals surface area (Å²) in [5, 5.41) is 0. The molecular formula is C15H19NO2. The van der Waals surface area contributed by atoms with Crippen molar-refractivity contribution < 1.29 is 9.59 Å². The van der Waals surface area contributed by atoms with Gasteiger partial charge in [0.2, 0.25) is 5.91 Å². The Morgan fingerprint density at radius 2 is 2.11 bits per heavy atom. The Balaban J connectivity index is 1.97. The fourth-order valence-corrected chi connectivity index (χ4v) is 4.01. The molecule has 0 spiro atoms. The number of likely N-dealkylation sites (tertiary alicyclic amines) is 1. The van der Waals surface area contributed by atoms with Crippen LogP contribution in [-0.2, 0) is 9.59 Å². The lowest BCUT2D eigenvalue weighted by molar-refractivity contribution is -0.139. The van der Waals surface area contributed by atoms with Gasteiger partial charge in [0.05, 0.1) is 5.92 Å². The number of carbonyl (C=O) groups excluding carboxylic acids is 2. The van der Waals surface area contributed by atoms with Crippen LogP contribution >= 0.6 is 0 Å². The summed E-state index contributed by atoms with van der Waals surface area (Å²) in [6, 6.07) is 0. The summed E-state index contributed by atoms with van der Waals surface area (Å²) in [5.74, 6) is 1.37. The second-order valence-corrected chi connectivity index (χ2v) is 6.02. The molecule has 0 aromatic carbocycles. The van der Waals surface area contributed by atoms with Crippen molar-refractivity contribution in [1.29, 1.82) is 0 Å². The van der Waals surface area contributed by atoms with Crippen LogP contribution in [0, 0.1) is 23.7 Å². The van der Waals surface area contributed by atoms with Gasteiger partial charge in [-0.1, -0.05) is 25.5 Å². The molecule has 1 saturated carbocycles. The Morgan fingerprint density at radius 1 is 1.39 bits per heavy atom. The quantitative estimate of drug-likeness (QED) is 0.564. The molecule has 3 heteroatoms. The van der Waals surface area contributed by atoms with Crippen LogP contribution < -0.4 is 0 Å². The smallest absolute Gasteiger partial charge is 0.257 e. The predicted octanol–water partition coefficient (Wildman–Crippen LogP) is 2.15. The monoisotopic (exact) mass is 245 g/mol. The molecular weight excluding hydrogens is 226 g/mol. The summed E-state index contributed by atoms with van der Waals surface area (Å²) in [5.41, 5.74) is 2.09. The molecule has 3 nitrogen and oxygen atoms in total. The number of allylic oxidation sites excluding steroid dienone is 1. The highest BCUT2D eigenvalue weighted by molar-refractivity contribution is 6.16. The normalized spacial score (nSPS) is 33.9. The average Bonchev–Trinajstić information content (AvgIpc) is 2.96. The molecule has 0 radical (unpaired) electrons. The third-order valence-electron chi connectivity index (χ3n) is 4.81. The molecule has 18 heavy (non-hydrogen) atoms. The molecule has 2 amide bonds. The molecule has 3 aliphatic rings. The standard InChI is InChI=1S/C15H19NO2/c1-4-5-16-14(17)12-9-6-10(8(2)3)11(7-9)13(12)15(16)18/h4,8,10-11,13H,1,5-7H2,2-3H3. The van der Waals surface area contributed by atoms with Gasteiger partial charge in [-0.05, 0) is 30.6 Å². The lowest BCUT2D eigenvalue weighted by Crippen LogP contribution is -2.33. The first-order valence-electron chi connectivity index (χ1n) is 6.74. The minimum atomic E-state index is -0.131. The maximum Gasteiger partial charge on any atom is 0.257 e. The van der Waals surface area contributed by atoms with E-state index >= 15 is 0 Å². The number of nitrogens with zero attached hydrogens (tertiary/aromatic N) is 1. The third kappa shape index (κ3) is 1.30. The van der Waals surface area contributed by atoms with Crippen molar-refractivity contribution in [1.82, 2.24) is 4.90 Å². The second kappa shape index (κ2) is 3.81. The summed E-state index contributed by atoms with van der Waals surface area (Å²) in [4.78, 5) is 26.0. The Morgan fingerprint density at radius 3 is 2.72 bits per heavy atom. The zero-order valence-electron chi connectivity index (χ0n) is 11.0. The summed E-state index contributed by atoms with van der Waals surface area (Å²) < 4.78 is 0. The van der Waals surface area contributed by atoms with Crippen LogP contribution in [0.3, 0.4) is 0 Å². The van der Waals surface area contributed by atoms with E-state index in [1.807, 2.05) is 0 Å². The van der Waals surface area contributed by atoms with E-state index in [9.17, 15) is 9.59 Å². The highest BCUT2D eigenvalue weighted by Gasteiger charge is 2.57. The van der Waals surface area contributed by atoms with E-state index in [2.05, 4.69) is 20.4 Å². The van der Waals surface area contributed by atoms with Gasteiger partial charge in [0.25, 0.3) is 5.91 Å². The number of carbonyl (C=O) groups is 2. The van der Waals surface area contributed by atoms with E-state index in [0.717, 1.165) is 18.4 Å². The van der Waals surface area contributed by atoms with Gasteiger partial charge in [-0.2, -0.15) is 0 Å². The molecule has 0 N–H and O–H groups in total. The zero-order chi connectivity index (χ0) is 13.0. The predicted molar refractivity (Wildman–Crippen MR) is 68.5 cm³/mol. The number of hydrogen-bond acceptors (Lipinski definition) is 2. The first-order chi connectivity index (χ1) is 8.56. The Labute approximate surface area is 108 Å². The highest BCUT2D eigenvalue weighted by Crippen LogP contribution is 2.56. The Kier molecular flexibility index (Phi) is 2.47. The van der Waals surface area contributed by atoms with Gasteiger partial charge in [0, 0.05) is 12.1 Å². The molecule has 2 bridgehead atoms. The molecule has 96 valence electrons. The largest absolute Gasteiger partial charge is 0.274 e. The molecule has 0 aromatic heterocycles. The number of fused-ring (bicyclic) bond motifs is 4. The average molecular weight is 245 g/mol. The maximum atomic E-state index is 12.4. The first kappa shape index (κ1) is 11.7. The SMILES string of the molecule is C=CCN1C(=O)C2=C3CC(C(C)C)C(C3)C2C1=O. The van der Waals surface area contributed by atoms with E-state index in [-0.39, 0.29) is 17.7 Å². The van der Waals surface area contributed by atoms with Crippen LogP contribution in [0.5, 0.6) is 0 Å². The second-order valence-electron chi connectivity index (χ2n) is 6.02. The van der Waals surface area contributed by atoms with Crippen molar-refractivity contribution in [3.63, 3.8) is 0 Å². The number of rotatable bonds is 3. The van der Waals surface area contributed by atoms with Crippen molar-refractivity contribution in [3.05, 3.63) is 23.8 Å². The molecule has 1 aliphatic heterocycles. The van der Waals surface area contributed by atoms with Crippen LogP contribution in [-0.4, -0.2) is 23.3 Å². The minimum absolute atomic E-state index is 0.0141. The fourth-order valence-electron chi connectivity index (χ4n) is 4.01. The van der Waals surface area contributed by atoms with Gasteiger partial charge >= 0.3 is 0 Å². The molecule has 3 atom stereocenters. The van der Waals surface area contributed by atoms with Gasteiger partial charge in [-0.3, -0.25) is 14.5 Å². The molecule has 1 heterocycles. The van der Waals surface area contributed by atoms with E-state index in [4.69, 9.17) is 0 Å². The molecule has 3 rings (SSSR count). The topological polar surface area (TPSA) is 37.4 Å². The summed E-state index contributed by atoms with van der Waals surface area (Å²) in [7, 11) is 0. The van der Waals surface area contributed by atoms with E-state index in [1.165, 1.54) is 10.5 Å². The van der Waals surface area contributed by atoms with Crippen molar-refractivity contribution in [2.24, 2.45) is 23.7 Å².